The first-order chi connectivity index (χ1) is 14.3. The maximum atomic E-state index is 14.1. The third-order valence-electron chi connectivity index (χ3n) is 4.57. The monoisotopic (exact) mass is 428 g/mol. The fourth-order valence-corrected chi connectivity index (χ4v) is 4.30. The molecule has 3 aromatic rings. The van der Waals surface area contributed by atoms with Crippen molar-refractivity contribution in [2.75, 3.05) is 26.0 Å². The highest BCUT2D eigenvalue weighted by Gasteiger charge is 2.27. The van der Waals surface area contributed by atoms with Gasteiger partial charge in [0.25, 0.3) is 11.8 Å². The smallest absolute Gasteiger partial charge is 0.341 e. The van der Waals surface area contributed by atoms with E-state index in [1.54, 1.807) is 52.2 Å². The van der Waals surface area contributed by atoms with Crippen molar-refractivity contribution in [3.63, 3.8) is 0 Å². The number of hydrogen-bond donors (Lipinski definition) is 1. The fourth-order valence-electron chi connectivity index (χ4n) is 3.09. The van der Waals surface area contributed by atoms with Crippen LogP contribution in [0.3, 0.4) is 0 Å². The van der Waals surface area contributed by atoms with Crippen molar-refractivity contribution in [2.24, 2.45) is 0 Å². The Balaban J connectivity index is 2.07. The van der Waals surface area contributed by atoms with Crippen molar-refractivity contribution in [3.8, 4) is 0 Å². The van der Waals surface area contributed by atoms with Gasteiger partial charge in [0.15, 0.2) is 0 Å². The first kappa shape index (κ1) is 21.4. The van der Waals surface area contributed by atoms with Gasteiger partial charge in [0.1, 0.15) is 10.8 Å². The number of nitrogens with zero attached hydrogens (tertiary/aromatic N) is 1. The van der Waals surface area contributed by atoms with Crippen LogP contribution in [0.15, 0.2) is 36.4 Å². The van der Waals surface area contributed by atoms with Crippen molar-refractivity contribution in [2.45, 2.75) is 13.8 Å². The lowest BCUT2D eigenvalue weighted by molar-refractivity contribution is 0.0527. The quantitative estimate of drug-likeness (QED) is 0.608. The maximum absolute atomic E-state index is 14.1. The second kappa shape index (κ2) is 8.62. The molecule has 2 amide bonds. The van der Waals surface area contributed by atoms with Crippen molar-refractivity contribution < 1.29 is 23.5 Å². The molecule has 0 radical (unpaired) electrons. The second-order valence-electron chi connectivity index (χ2n) is 6.78. The van der Waals surface area contributed by atoms with Crippen LogP contribution < -0.4 is 5.32 Å². The number of carbonyl (C=O) groups excluding carboxylic acids is 3. The zero-order valence-corrected chi connectivity index (χ0v) is 17.9. The van der Waals surface area contributed by atoms with Crippen LogP contribution in [-0.4, -0.2) is 43.4 Å². The minimum atomic E-state index is -0.622. The van der Waals surface area contributed by atoms with Crippen LogP contribution in [0.2, 0.25) is 0 Å². The average molecular weight is 428 g/mol. The number of thiophene rings is 1. The summed E-state index contributed by atoms with van der Waals surface area (Å²) in [6, 6.07) is 9.27. The third kappa shape index (κ3) is 3.91. The molecule has 0 bridgehead atoms. The molecule has 1 N–H and O–H groups in total. The Morgan fingerprint density at radius 2 is 1.77 bits per heavy atom. The summed E-state index contributed by atoms with van der Waals surface area (Å²) in [7, 11) is 3.21. The van der Waals surface area contributed by atoms with Gasteiger partial charge in [0.05, 0.1) is 17.0 Å². The number of rotatable bonds is 5. The number of nitrogens with one attached hydrogen (secondary N) is 1. The van der Waals surface area contributed by atoms with Crippen molar-refractivity contribution in [3.05, 3.63) is 63.8 Å². The number of amides is 2. The van der Waals surface area contributed by atoms with Gasteiger partial charge >= 0.3 is 5.97 Å². The van der Waals surface area contributed by atoms with E-state index >= 15 is 0 Å². The van der Waals surface area contributed by atoms with Gasteiger partial charge in [0, 0.05) is 25.0 Å². The van der Waals surface area contributed by atoms with E-state index in [1.165, 1.54) is 17.0 Å². The Bertz CT molecular complexity index is 1150. The van der Waals surface area contributed by atoms with Crippen LogP contribution in [0.1, 0.15) is 42.9 Å². The molecule has 1 heterocycles. The van der Waals surface area contributed by atoms with E-state index in [1.807, 2.05) is 0 Å². The molecule has 8 heteroatoms. The summed E-state index contributed by atoms with van der Waals surface area (Å²) < 4.78 is 19.2. The van der Waals surface area contributed by atoms with Gasteiger partial charge in [-0.05, 0) is 36.9 Å². The normalized spacial score (nSPS) is 10.7. The second-order valence-corrected chi connectivity index (χ2v) is 7.80. The summed E-state index contributed by atoms with van der Waals surface area (Å²) >= 11 is 1.01. The number of fused-ring (bicyclic) bond motifs is 1. The molecule has 0 aliphatic carbocycles. The predicted molar refractivity (Wildman–Crippen MR) is 115 cm³/mol. The van der Waals surface area contributed by atoms with Gasteiger partial charge in [-0.3, -0.25) is 9.59 Å². The molecule has 30 heavy (non-hydrogen) atoms. The number of carbonyl (C=O) groups is 3. The topological polar surface area (TPSA) is 75.7 Å². The summed E-state index contributed by atoms with van der Waals surface area (Å²) in [4.78, 5) is 39.8. The van der Waals surface area contributed by atoms with Gasteiger partial charge in [-0.25, -0.2) is 9.18 Å². The Morgan fingerprint density at radius 1 is 1.10 bits per heavy atom. The Morgan fingerprint density at radius 3 is 2.40 bits per heavy atom. The van der Waals surface area contributed by atoms with E-state index in [4.69, 9.17) is 4.74 Å². The van der Waals surface area contributed by atoms with Gasteiger partial charge in [-0.15, -0.1) is 11.3 Å². The lowest BCUT2D eigenvalue weighted by atomic mass is 10.0. The van der Waals surface area contributed by atoms with Crippen molar-refractivity contribution >= 4 is 44.9 Å². The minimum Gasteiger partial charge on any atom is -0.462 e. The lowest BCUT2D eigenvalue weighted by Crippen LogP contribution is -2.21. The van der Waals surface area contributed by atoms with Gasteiger partial charge in [-0.1, -0.05) is 24.3 Å². The maximum Gasteiger partial charge on any atom is 0.341 e. The zero-order chi connectivity index (χ0) is 22.0. The molecule has 3 rings (SSSR count). The van der Waals surface area contributed by atoms with E-state index in [-0.39, 0.29) is 28.6 Å². The van der Waals surface area contributed by atoms with E-state index in [0.717, 1.165) is 11.3 Å². The average Bonchev–Trinajstić information content (AvgIpc) is 3.03. The summed E-state index contributed by atoms with van der Waals surface area (Å²) in [6.45, 7) is 3.47. The number of benzene rings is 2. The third-order valence-corrected chi connectivity index (χ3v) is 5.76. The van der Waals surface area contributed by atoms with Gasteiger partial charge < -0.3 is 15.0 Å². The fraction of sp³-hybridized carbons (Fsp3) is 0.227. The molecule has 0 saturated heterocycles. The van der Waals surface area contributed by atoms with E-state index in [2.05, 4.69) is 5.32 Å². The Hall–Kier alpha value is -3.26. The highest BCUT2D eigenvalue weighted by atomic mass is 32.1. The van der Waals surface area contributed by atoms with Crippen LogP contribution in [0, 0.1) is 12.7 Å². The van der Waals surface area contributed by atoms with Crippen LogP contribution in [0.25, 0.3) is 10.8 Å². The van der Waals surface area contributed by atoms with Crippen molar-refractivity contribution in [1.29, 1.82) is 0 Å². The molecule has 0 spiro atoms. The number of halogens is 1. The van der Waals surface area contributed by atoms with E-state index in [0.29, 0.717) is 21.2 Å². The largest absolute Gasteiger partial charge is 0.462 e. The highest BCUT2D eigenvalue weighted by molar-refractivity contribution is 7.18. The first-order valence-corrected chi connectivity index (χ1v) is 10.1. The first-order valence-electron chi connectivity index (χ1n) is 9.27. The number of anilines is 1. The van der Waals surface area contributed by atoms with Crippen LogP contribution in [-0.2, 0) is 4.74 Å². The standard InChI is InChI=1S/C22H21FN2O4S/c1-5-29-22(28)17-12(2)18(21(27)25(3)4)30-20(17)24-19(26)15-10-11-16(23)14-9-7-6-8-13(14)15/h6-11H,5H2,1-4H3,(H,24,26). The molecule has 0 aliphatic rings. The summed E-state index contributed by atoms with van der Waals surface area (Å²) in [6.07, 6.45) is 0. The van der Waals surface area contributed by atoms with Crippen LogP contribution in [0.4, 0.5) is 9.39 Å². The molecular weight excluding hydrogens is 407 g/mol. The SMILES string of the molecule is CCOC(=O)c1c(NC(=O)c2ccc(F)c3ccccc23)sc(C(=O)N(C)C)c1C. The number of ether oxygens (including phenoxy) is 1. The Kier molecular flexibility index (Phi) is 6.17. The van der Waals surface area contributed by atoms with E-state index < -0.39 is 17.7 Å². The van der Waals surface area contributed by atoms with Gasteiger partial charge in [0.2, 0.25) is 0 Å². The highest BCUT2D eigenvalue weighted by Crippen LogP contribution is 2.35. The van der Waals surface area contributed by atoms with Crippen LogP contribution >= 0.6 is 11.3 Å². The Labute approximate surface area is 177 Å². The molecule has 0 unspecified atom stereocenters. The molecule has 0 fully saturated rings. The summed E-state index contributed by atoms with van der Waals surface area (Å²) in [5.41, 5.74) is 0.844. The molecule has 0 aliphatic heterocycles. The van der Waals surface area contributed by atoms with Crippen LogP contribution in [0.5, 0.6) is 0 Å². The summed E-state index contributed by atoms with van der Waals surface area (Å²) in [5.74, 6) is -1.85. The molecule has 1 aromatic heterocycles. The van der Waals surface area contributed by atoms with E-state index in [9.17, 15) is 18.8 Å². The molecule has 2 aromatic carbocycles. The van der Waals surface area contributed by atoms with Crippen molar-refractivity contribution in [1.82, 2.24) is 4.90 Å². The molecular formula is C22H21FN2O4S. The molecule has 156 valence electrons. The number of hydrogen-bond acceptors (Lipinski definition) is 5. The predicted octanol–water partition coefficient (Wildman–Crippen LogP) is 4.48. The molecule has 6 nitrogen and oxygen atoms in total. The number of esters is 1. The minimum absolute atomic E-state index is 0.145. The zero-order valence-electron chi connectivity index (χ0n) is 17.0. The molecule has 0 atom stereocenters. The summed E-state index contributed by atoms with van der Waals surface area (Å²) in [5, 5.41) is 3.71. The van der Waals surface area contributed by atoms with Gasteiger partial charge in [-0.2, -0.15) is 0 Å². The lowest BCUT2D eigenvalue weighted by Gasteiger charge is -2.09. The molecule has 0 saturated carbocycles.